The van der Waals surface area contributed by atoms with Crippen LogP contribution in [0.1, 0.15) is 0 Å². The second-order valence-corrected chi connectivity index (χ2v) is 13.1. The van der Waals surface area contributed by atoms with E-state index in [0.29, 0.717) is 37.1 Å². The SMILES string of the molecule is O=C(O)C1CSC23NC4([CH-]NC4)C(=O)N2CN13.O=C(O)C1CSC23SCC4([CH-]N4)C(=O)N2CN13.[V].[V]. The molecule has 8 aliphatic rings. The van der Waals surface area contributed by atoms with Crippen LogP contribution in [0.5, 0.6) is 0 Å². The fourth-order valence-corrected chi connectivity index (χ4v) is 10.4. The van der Waals surface area contributed by atoms with E-state index in [1.54, 1.807) is 39.9 Å². The third-order valence-corrected chi connectivity index (χ3v) is 12.5. The van der Waals surface area contributed by atoms with E-state index in [4.69, 9.17) is 10.2 Å². The molecule has 0 aromatic rings. The van der Waals surface area contributed by atoms with Crippen LogP contribution in [0.2, 0.25) is 0 Å². The fourth-order valence-electron chi connectivity index (χ4n) is 5.41. The molecular weight excluding hydrogens is 608 g/mol. The van der Waals surface area contributed by atoms with E-state index >= 15 is 0 Å². The summed E-state index contributed by atoms with van der Waals surface area (Å²) in [6, 6.07) is -0.957. The van der Waals surface area contributed by atoms with Gasteiger partial charge in [0, 0.05) is 54.2 Å². The zero-order valence-electron chi connectivity index (χ0n) is 18.5. The van der Waals surface area contributed by atoms with Gasteiger partial charge in [-0.05, 0) is 17.8 Å². The molecule has 8 rings (SSSR count). The minimum atomic E-state index is -0.820. The summed E-state index contributed by atoms with van der Waals surface area (Å²) in [5.74, 6) is 0.278. The maximum Gasteiger partial charge on any atom is 0.321 e. The van der Waals surface area contributed by atoms with E-state index < -0.39 is 44.5 Å². The van der Waals surface area contributed by atoms with E-state index in [9.17, 15) is 19.2 Å². The molecule has 0 aromatic heterocycles. The van der Waals surface area contributed by atoms with Gasteiger partial charge in [-0.15, -0.1) is 23.5 Å². The Bertz CT molecular complexity index is 1050. The van der Waals surface area contributed by atoms with Gasteiger partial charge in [-0.2, -0.15) is 0 Å². The van der Waals surface area contributed by atoms with Crippen molar-refractivity contribution in [3.05, 3.63) is 13.1 Å². The van der Waals surface area contributed by atoms with Gasteiger partial charge in [-0.25, -0.2) is 22.9 Å². The number of amides is 2. The third kappa shape index (κ3) is 3.27. The van der Waals surface area contributed by atoms with Crippen LogP contribution in [0.4, 0.5) is 0 Å². The summed E-state index contributed by atoms with van der Waals surface area (Å²) in [5, 5.41) is 26.9. The van der Waals surface area contributed by atoms with Gasteiger partial charge >= 0.3 is 11.9 Å². The molecule has 13 nitrogen and oxygen atoms in total. The largest absolute Gasteiger partial charge is 0.480 e. The number of carboxylic acids is 2. The topological polar surface area (TPSA) is 168 Å². The summed E-state index contributed by atoms with van der Waals surface area (Å²) in [6.07, 6.45) is 0. The molecule has 2 amide bonds. The van der Waals surface area contributed by atoms with Gasteiger partial charge in [0.25, 0.3) is 0 Å². The van der Waals surface area contributed by atoms with Crippen molar-refractivity contribution in [1.82, 2.24) is 35.6 Å². The van der Waals surface area contributed by atoms with Crippen LogP contribution in [0.25, 0.3) is 0 Å². The molecule has 5 N–H and O–H groups in total. The van der Waals surface area contributed by atoms with E-state index in [1.165, 1.54) is 11.8 Å². The third-order valence-electron chi connectivity index (χ3n) is 7.59. The predicted molar refractivity (Wildman–Crippen MR) is 121 cm³/mol. The molecule has 6 unspecified atom stereocenters. The van der Waals surface area contributed by atoms with Crippen LogP contribution in [-0.2, 0) is 56.3 Å². The molecule has 8 heterocycles. The van der Waals surface area contributed by atoms with Gasteiger partial charge in [0.05, 0.1) is 13.3 Å². The summed E-state index contributed by atoms with van der Waals surface area (Å²) in [7, 11) is 0. The molecule has 36 heavy (non-hydrogen) atoms. The molecule has 8 saturated heterocycles. The molecule has 6 atom stereocenters. The smallest absolute Gasteiger partial charge is 0.321 e. The molecule has 8 fully saturated rings. The van der Waals surface area contributed by atoms with Gasteiger partial charge in [-0.3, -0.25) is 34.3 Å². The van der Waals surface area contributed by atoms with E-state index in [2.05, 4.69) is 16.0 Å². The molecule has 4 spiro atoms. The quantitative estimate of drug-likeness (QED) is 0.156. The zero-order chi connectivity index (χ0) is 23.7. The summed E-state index contributed by atoms with van der Waals surface area (Å²) >= 11 is 4.72. The van der Waals surface area contributed by atoms with Crippen LogP contribution in [0.15, 0.2) is 0 Å². The van der Waals surface area contributed by atoms with Crippen molar-refractivity contribution in [3.8, 4) is 0 Å². The Morgan fingerprint density at radius 1 is 0.889 bits per heavy atom. The van der Waals surface area contributed by atoms with Crippen molar-refractivity contribution in [2.75, 3.05) is 37.1 Å². The number of rotatable bonds is 2. The van der Waals surface area contributed by atoms with Crippen LogP contribution < -0.4 is 16.0 Å². The number of nitrogens with one attached hydrogen (secondary N) is 3. The first-order valence-electron chi connectivity index (χ1n) is 10.7. The molecule has 0 saturated carbocycles. The minimum Gasteiger partial charge on any atom is -0.480 e. The first-order valence-corrected chi connectivity index (χ1v) is 13.7. The van der Waals surface area contributed by atoms with Crippen LogP contribution in [-0.4, -0.2) is 123 Å². The Morgan fingerprint density at radius 2 is 1.47 bits per heavy atom. The maximum atomic E-state index is 12.2. The number of hydrogen-bond acceptors (Lipinski definition) is 12. The average molecular weight is 629 g/mol. The number of nitrogens with zero attached hydrogens (tertiary/aromatic N) is 4. The molecular formula is C18H21N7O6S3V2-2. The summed E-state index contributed by atoms with van der Waals surface area (Å²) in [5.41, 5.74) is -1.07. The molecule has 0 aliphatic carbocycles. The summed E-state index contributed by atoms with van der Waals surface area (Å²) in [4.78, 5) is 53.9. The second kappa shape index (κ2) is 8.70. The van der Waals surface area contributed by atoms with E-state index in [0.717, 1.165) is 0 Å². The number of carbonyl (C=O) groups excluding carboxylic acids is 2. The van der Waals surface area contributed by atoms with Gasteiger partial charge in [0.1, 0.15) is 12.1 Å². The molecule has 0 bridgehead atoms. The van der Waals surface area contributed by atoms with Crippen molar-refractivity contribution in [2.24, 2.45) is 0 Å². The summed E-state index contributed by atoms with van der Waals surface area (Å²) in [6.45, 7) is 5.01. The zero-order valence-corrected chi connectivity index (χ0v) is 23.7. The molecule has 0 aromatic carbocycles. The Kier molecular flexibility index (Phi) is 6.64. The number of carboxylic acid groups (broad SMARTS) is 2. The van der Waals surface area contributed by atoms with Crippen molar-refractivity contribution in [1.29, 1.82) is 0 Å². The molecule has 2 radical (unpaired) electrons. The standard InChI is InChI=1S/C9H11N4O3S.C9H10N3O3S2.2V/c14-6(15)5-1-17-9-11-8(2-10-3-8)7(16)13(9)4-12(5)9;13-6(14)5-1-16-9-11(5)4-12(9)7(15)8(2-10-8)3-17-9;;/h2,5,10-11H,1,3-4H2,(H,14,15);2,5,10H,1,3-4H2,(H,13,14);;/q2*-1;;. The molecule has 8 aliphatic heterocycles. The number of carbonyl (C=O) groups is 4. The van der Waals surface area contributed by atoms with Gasteiger partial charge < -0.3 is 20.8 Å². The second-order valence-electron chi connectivity index (χ2n) is 9.35. The first-order chi connectivity index (χ1) is 16.2. The number of hydrogen-bond donors (Lipinski definition) is 5. The number of thioether (sulfide) groups is 3. The Balaban J connectivity index is 0.000000140. The van der Waals surface area contributed by atoms with Crippen LogP contribution >= 0.6 is 35.3 Å². The normalized spacial score (nSPS) is 45.0. The van der Waals surface area contributed by atoms with Crippen LogP contribution in [0, 0.1) is 13.1 Å². The molecule has 194 valence electrons. The fraction of sp³-hybridized carbons (Fsp3) is 0.667. The Labute approximate surface area is 242 Å². The van der Waals surface area contributed by atoms with E-state index in [-0.39, 0.29) is 48.9 Å². The van der Waals surface area contributed by atoms with Crippen molar-refractivity contribution in [2.45, 2.75) is 32.6 Å². The van der Waals surface area contributed by atoms with Crippen LogP contribution in [0.3, 0.4) is 0 Å². The predicted octanol–water partition coefficient (Wildman–Crippen LogP) is -2.85. The number of aliphatic carboxylic acids is 2. The van der Waals surface area contributed by atoms with E-state index in [1.807, 2.05) is 16.3 Å². The van der Waals surface area contributed by atoms with Gasteiger partial charge in [0.15, 0.2) is 4.33 Å². The van der Waals surface area contributed by atoms with Gasteiger partial charge in [0.2, 0.25) is 16.9 Å². The Morgan fingerprint density at radius 3 is 2.06 bits per heavy atom. The maximum absolute atomic E-state index is 12.2. The first kappa shape index (κ1) is 27.5. The van der Waals surface area contributed by atoms with Crippen molar-refractivity contribution >= 4 is 59.0 Å². The minimum absolute atomic E-state index is 0. The summed E-state index contributed by atoms with van der Waals surface area (Å²) < 4.78 is -0.441. The van der Waals surface area contributed by atoms with Crippen molar-refractivity contribution in [3.63, 3.8) is 0 Å². The van der Waals surface area contributed by atoms with Crippen molar-refractivity contribution < 1.29 is 66.5 Å². The van der Waals surface area contributed by atoms with Gasteiger partial charge in [-0.1, -0.05) is 11.8 Å². The molecule has 18 heteroatoms. The average Bonchev–Trinajstić information content (AvgIpc) is 3.37. The Hall–Kier alpha value is -0.101. The monoisotopic (exact) mass is 629 g/mol.